The quantitative estimate of drug-likeness (QED) is 0.731. The van der Waals surface area contributed by atoms with E-state index in [-0.39, 0.29) is 28.7 Å². The van der Waals surface area contributed by atoms with Gasteiger partial charge in [-0.05, 0) is 37.9 Å². The molecular formula is C21H29FN6O3. The van der Waals surface area contributed by atoms with Crippen molar-refractivity contribution in [2.24, 2.45) is 5.92 Å². The number of nitrogens with two attached hydrogens (primary N) is 1. The molecule has 1 amide bonds. The predicted molar refractivity (Wildman–Crippen MR) is 116 cm³/mol. The van der Waals surface area contributed by atoms with Crippen LogP contribution in [0, 0.1) is 11.7 Å². The molecule has 3 heterocycles. The topological polar surface area (TPSA) is 106 Å². The second kappa shape index (κ2) is 9.09. The number of anilines is 2. The molecule has 1 aromatic carbocycles. The Bertz CT molecular complexity index is 958. The minimum absolute atomic E-state index is 0.0216. The molecule has 10 heteroatoms. The maximum atomic E-state index is 15.0. The largest absolute Gasteiger partial charge is 0.493 e. The van der Waals surface area contributed by atoms with Crippen LogP contribution in [0.15, 0.2) is 6.07 Å². The molecule has 1 unspecified atom stereocenters. The molecule has 0 spiro atoms. The molecule has 0 radical (unpaired) electrons. The minimum Gasteiger partial charge on any atom is -0.493 e. The van der Waals surface area contributed by atoms with Crippen molar-refractivity contribution in [3.05, 3.63) is 11.9 Å². The molecule has 2 fully saturated rings. The van der Waals surface area contributed by atoms with Gasteiger partial charge in [0.15, 0.2) is 17.3 Å². The van der Waals surface area contributed by atoms with Crippen molar-refractivity contribution in [1.29, 1.82) is 0 Å². The Labute approximate surface area is 180 Å². The van der Waals surface area contributed by atoms with Gasteiger partial charge in [0.25, 0.3) is 0 Å². The number of amides is 1. The number of aromatic nitrogens is 2. The molecule has 0 bridgehead atoms. The lowest BCUT2D eigenvalue weighted by Crippen LogP contribution is -2.50. The van der Waals surface area contributed by atoms with Crippen LogP contribution in [0.1, 0.15) is 19.3 Å². The fourth-order valence-corrected chi connectivity index (χ4v) is 4.31. The molecule has 2 aromatic rings. The number of ether oxygens (including phenoxy) is 2. The maximum absolute atomic E-state index is 15.0. The number of hydrogen-bond donors (Lipinski definition) is 2. The SMILES string of the molecule is COc1cc2c(N)nc(N3CCN(C(=O)CC4CCCNC4)CC3)nc2c(F)c1OC. The lowest BCUT2D eigenvalue weighted by atomic mass is 9.95. The van der Waals surface area contributed by atoms with E-state index in [9.17, 15) is 4.79 Å². The molecule has 0 aliphatic carbocycles. The van der Waals surface area contributed by atoms with Crippen molar-refractivity contribution in [1.82, 2.24) is 20.2 Å². The highest BCUT2D eigenvalue weighted by atomic mass is 19.1. The van der Waals surface area contributed by atoms with Gasteiger partial charge in [-0.15, -0.1) is 0 Å². The van der Waals surface area contributed by atoms with Crippen molar-refractivity contribution in [2.75, 3.05) is 64.1 Å². The monoisotopic (exact) mass is 432 g/mol. The highest BCUT2D eigenvalue weighted by Gasteiger charge is 2.27. The number of methoxy groups -OCH3 is 2. The maximum Gasteiger partial charge on any atom is 0.228 e. The number of carbonyl (C=O) groups excluding carboxylic acids is 1. The molecule has 2 aliphatic rings. The lowest BCUT2D eigenvalue weighted by molar-refractivity contribution is -0.132. The zero-order valence-electron chi connectivity index (χ0n) is 18.0. The summed E-state index contributed by atoms with van der Waals surface area (Å²) in [6, 6.07) is 1.58. The summed E-state index contributed by atoms with van der Waals surface area (Å²) in [4.78, 5) is 25.3. The Kier molecular flexibility index (Phi) is 6.26. The Balaban J connectivity index is 1.48. The Morgan fingerprint density at radius 3 is 2.68 bits per heavy atom. The fraction of sp³-hybridized carbons (Fsp3) is 0.571. The van der Waals surface area contributed by atoms with Gasteiger partial charge in [-0.2, -0.15) is 4.98 Å². The minimum atomic E-state index is -0.637. The second-order valence-electron chi connectivity index (χ2n) is 8.02. The van der Waals surface area contributed by atoms with Gasteiger partial charge in [-0.3, -0.25) is 4.79 Å². The number of benzene rings is 1. The molecule has 168 valence electrons. The number of rotatable bonds is 5. The summed E-state index contributed by atoms with van der Waals surface area (Å²) in [7, 11) is 2.80. The van der Waals surface area contributed by atoms with Crippen LogP contribution in [0.4, 0.5) is 16.2 Å². The van der Waals surface area contributed by atoms with Gasteiger partial charge < -0.3 is 30.3 Å². The van der Waals surface area contributed by atoms with E-state index in [0.29, 0.717) is 49.9 Å². The van der Waals surface area contributed by atoms with Gasteiger partial charge in [0.05, 0.1) is 14.2 Å². The lowest BCUT2D eigenvalue weighted by Gasteiger charge is -2.36. The van der Waals surface area contributed by atoms with Crippen LogP contribution in [0.25, 0.3) is 10.9 Å². The van der Waals surface area contributed by atoms with E-state index in [1.54, 1.807) is 6.07 Å². The number of carbonyl (C=O) groups is 1. The Hall–Kier alpha value is -2.88. The number of nitrogens with zero attached hydrogens (tertiary/aromatic N) is 4. The van der Waals surface area contributed by atoms with E-state index in [4.69, 9.17) is 15.2 Å². The van der Waals surface area contributed by atoms with Gasteiger partial charge in [-0.25, -0.2) is 9.37 Å². The van der Waals surface area contributed by atoms with Crippen molar-refractivity contribution >= 4 is 28.6 Å². The average Bonchev–Trinajstić information content (AvgIpc) is 2.80. The molecule has 31 heavy (non-hydrogen) atoms. The number of piperidine rings is 1. The summed E-state index contributed by atoms with van der Waals surface area (Å²) in [6.45, 7) is 4.24. The van der Waals surface area contributed by atoms with Crippen LogP contribution in [0.5, 0.6) is 11.5 Å². The molecule has 9 nitrogen and oxygen atoms in total. The first-order chi connectivity index (χ1) is 15.0. The highest BCUT2D eigenvalue weighted by molar-refractivity contribution is 5.92. The number of hydrogen-bond acceptors (Lipinski definition) is 8. The summed E-state index contributed by atoms with van der Waals surface area (Å²) >= 11 is 0. The number of fused-ring (bicyclic) bond motifs is 1. The summed E-state index contributed by atoms with van der Waals surface area (Å²) in [5.41, 5.74) is 6.20. The summed E-state index contributed by atoms with van der Waals surface area (Å²) in [5, 5.41) is 3.73. The van der Waals surface area contributed by atoms with Crippen molar-refractivity contribution < 1.29 is 18.7 Å². The molecule has 1 aromatic heterocycles. The number of halogens is 1. The number of nitrogens with one attached hydrogen (secondary N) is 1. The van der Waals surface area contributed by atoms with Crippen molar-refractivity contribution in [3.63, 3.8) is 0 Å². The van der Waals surface area contributed by atoms with E-state index in [1.807, 2.05) is 9.80 Å². The molecule has 1 atom stereocenters. The third-order valence-electron chi connectivity index (χ3n) is 6.07. The molecular weight excluding hydrogens is 403 g/mol. The smallest absolute Gasteiger partial charge is 0.228 e. The second-order valence-corrected chi connectivity index (χ2v) is 8.02. The third kappa shape index (κ3) is 4.30. The predicted octanol–water partition coefficient (Wildman–Crippen LogP) is 1.41. The number of nitrogen functional groups attached to an aromatic ring is 1. The summed E-state index contributed by atoms with van der Waals surface area (Å²) in [5.74, 6) is 0.695. The van der Waals surface area contributed by atoms with Crippen LogP contribution < -0.4 is 25.4 Å². The Morgan fingerprint density at radius 2 is 2.03 bits per heavy atom. The third-order valence-corrected chi connectivity index (χ3v) is 6.07. The van der Waals surface area contributed by atoms with Gasteiger partial charge in [-0.1, -0.05) is 0 Å². The van der Waals surface area contributed by atoms with E-state index in [1.165, 1.54) is 14.2 Å². The standard InChI is InChI=1S/C21H29FN6O3/c1-30-15-11-14-18(17(22)19(15)31-2)25-21(26-20(14)23)28-8-6-27(7-9-28)16(29)10-13-4-3-5-24-12-13/h11,13,24H,3-10,12H2,1-2H3,(H2,23,25,26). The highest BCUT2D eigenvalue weighted by Crippen LogP contribution is 2.37. The van der Waals surface area contributed by atoms with E-state index < -0.39 is 5.82 Å². The van der Waals surface area contributed by atoms with Gasteiger partial charge in [0.1, 0.15) is 11.3 Å². The molecule has 2 aliphatic heterocycles. The van der Waals surface area contributed by atoms with Crippen LogP contribution in [0.3, 0.4) is 0 Å². The van der Waals surface area contributed by atoms with Crippen LogP contribution >= 0.6 is 0 Å². The Morgan fingerprint density at radius 1 is 1.26 bits per heavy atom. The fourth-order valence-electron chi connectivity index (χ4n) is 4.31. The molecule has 4 rings (SSSR count). The van der Waals surface area contributed by atoms with E-state index in [0.717, 1.165) is 25.9 Å². The molecule has 2 saturated heterocycles. The normalized spacial score (nSPS) is 19.5. The number of piperazine rings is 1. The molecule has 3 N–H and O–H groups in total. The zero-order chi connectivity index (χ0) is 22.0. The van der Waals surface area contributed by atoms with Gasteiger partial charge in [0.2, 0.25) is 11.9 Å². The van der Waals surface area contributed by atoms with Crippen LogP contribution in [-0.2, 0) is 4.79 Å². The van der Waals surface area contributed by atoms with Crippen LogP contribution in [0.2, 0.25) is 0 Å². The van der Waals surface area contributed by atoms with Gasteiger partial charge in [0, 0.05) is 38.0 Å². The average molecular weight is 433 g/mol. The first-order valence-electron chi connectivity index (χ1n) is 10.6. The first-order valence-corrected chi connectivity index (χ1v) is 10.6. The summed E-state index contributed by atoms with van der Waals surface area (Å²) < 4.78 is 25.3. The molecule has 0 saturated carbocycles. The summed E-state index contributed by atoms with van der Waals surface area (Å²) in [6.07, 6.45) is 2.81. The van der Waals surface area contributed by atoms with Crippen molar-refractivity contribution in [3.8, 4) is 11.5 Å². The van der Waals surface area contributed by atoms with Crippen LogP contribution in [-0.4, -0.2) is 74.3 Å². The van der Waals surface area contributed by atoms with E-state index >= 15 is 4.39 Å². The zero-order valence-corrected chi connectivity index (χ0v) is 18.0. The van der Waals surface area contributed by atoms with Gasteiger partial charge >= 0.3 is 0 Å². The first kappa shape index (κ1) is 21.4. The van der Waals surface area contributed by atoms with E-state index in [2.05, 4.69) is 15.3 Å². The van der Waals surface area contributed by atoms with Crippen molar-refractivity contribution in [2.45, 2.75) is 19.3 Å².